The number of rotatable bonds is 5. The van der Waals surface area contributed by atoms with Crippen molar-refractivity contribution in [3.8, 4) is 11.3 Å². The highest BCUT2D eigenvalue weighted by Crippen LogP contribution is 2.44. The second-order valence-electron chi connectivity index (χ2n) is 9.14. The molecule has 2 heterocycles. The minimum atomic E-state index is -0.651. The number of nitrogens with two attached hydrogens (primary N) is 1. The summed E-state index contributed by atoms with van der Waals surface area (Å²) in [4.78, 5) is 30.6. The molecule has 0 unspecified atom stereocenters. The summed E-state index contributed by atoms with van der Waals surface area (Å²) in [5, 5.41) is 4.46. The Hall–Kier alpha value is -3.70. The van der Waals surface area contributed by atoms with Crippen molar-refractivity contribution in [2.75, 3.05) is 6.54 Å². The van der Waals surface area contributed by atoms with Crippen molar-refractivity contribution >= 4 is 29.1 Å². The number of halogens is 2. The van der Waals surface area contributed by atoms with Crippen LogP contribution in [-0.4, -0.2) is 33.0 Å². The monoisotopic (exact) mass is 491 g/mol. The Morgan fingerprint density at radius 3 is 2.57 bits per heavy atom. The first-order valence-corrected chi connectivity index (χ1v) is 11.8. The van der Waals surface area contributed by atoms with Gasteiger partial charge >= 0.3 is 0 Å². The number of hydrogen-bond acceptors (Lipinski definition) is 3. The van der Waals surface area contributed by atoms with Crippen LogP contribution in [0, 0.1) is 18.3 Å². The molecule has 1 aliphatic heterocycles. The Morgan fingerprint density at radius 2 is 1.91 bits per heavy atom. The molecule has 7 nitrogen and oxygen atoms in total. The number of benzene rings is 2. The average molecular weight is 492 g/mol. The number of aromatic nitrogens is 2. The van der Waals surface area contributed by atoms with E-state index in [9.17, 15) is 14.0 Å². The molecule has 1 aliphatic carbocycles. The molecular weight excluding hydrogens is 469 g/mol. The molecule has 0 spiro atoms. The molecule has 0 radical (unpaired) electrons. The summed E-state index contributed by atoms with van der Waals surface area (Å²) >= 11 is 5.93. The SMILES string of the molecule is [C-]#[N+]c1ccc(C2CC(CC(=O)N3CCn4nc(-c5ccc(F)c(Cl)c5)c(C(N)=O)c4C3)C2)cc1. The molecule has 0 saturated heterocycles. The predicted octanol–water partition coefficient (Wildman–Crippen LogP) is 4.92. The third-order valence-electron chi connectivity index (χ3n) is 6.96. The van der Waals surface area contributed by atoms with Gasteiger partial charge in [0.1, 0.15) is 11.5 Å². The van der Waals surface area contributed by atoms with Crippen molar-refractivity contribution in [2.24, 2.45) is 11.7 Å². The molecule has 2 aromatic carbocycles. The summed E-state index contributed by atoms with van der Waals surface area (Å²) < 4.78 is 15.3. The second kappa shape index (κ2) is 9.16. The van der Waals surface area contributed by atoms with Crippen molar-refractivity contribution in [2.45, 2.75) is 38.3 Å². The van der Waals surface area contributed by atoms with Gasteiger partial charge < -0.3 is 10.6 Å². The highest BCUT2D eigenvalue weighted by Gasteiger charge is 2.35. The van der Waals surface area contributed by atoms with Crippen molar-refractivity contribution in [1.82, 2.24) is 14.7 Å². The maximum atomic E-state index is 13.6. The minimum Gasteiger partial charge on any atom is -0.365 e. The summed E-state index contributed by atoms with van der Waals surface area (Å²) in [5.74, 6) is -0.433. The standard InChI is InChI=1S/C26H23ClFN5O2/c1-30-19-5-2-16(3-6-19)18-10-15(11-18)12-23(34)32-8-9-33-22(14-32)24(26(29)35)25(31-33)17-4-7-21(28)20(27)13-17/h2-7,13,15,18H,8-12,14H2,(H2,29,35). The largest absolute Gasteiger partial charge is 0.365 e. The van der Waals surface area contributed by atoms with Gasteiger partial charge in [0.05, 0.1) is 35.9 Å². The molecule has 2 amide bonds. The molecule has 0 bridgehead atoms. The van der Waals surface area contributed by atoms with Crippen LogP contribution >= 0.6 is 11.6 Å². The zero-order chi connectivity index (χ0) is 24.7. The van der Waals surface area contributed by atoms with Crippen LogP contribution in [0.15, 0.2) is 42.5 Å². The van der Waals surface area contributed by atoms with E-state index in [1.807, 2.05) is 24.3 Å². The molecule has 3 aromatic rings. The molecule has 1 fully saturated rings. The number of carbonyl (C=O) groups is 2. The van der Waals surface area contributed by atoms with Crippen LogP contribution in [0.5, 0.6) is 0 Å². The van der Waals surface area contributed by atoms with Gasteiger partial charge in [0.15, 0.2) is 5.69 Å². The lowest BCUT2D eigenvalue weighted by molar-refractivity contribution is -0.134. The summed E-state index contributed by atoms with van der Waals surface area (Å²) in [5.41, 5.74) is 9.18. The zero-order valence-electron chi connectivity index (χ0n) is 18.9. The van der Waals surface area contributed by atoms with E-state index in [4.69, 9.17) is 23.9 Å². The van der Waals surface area contributed by atoms with Gasteiger partial charge in [0.2, 0.25) is 5.91 Å². The van der Waals surface area contributed by atoms with Crippen molar-refractivity contribution in [1.29, 1.82) is 0 Å². The summed E-state index contributed by atoms with van der Waals surface area (Å²) in [6.07, 6.45) is 2.34. The van der Waals surface area contributed by atoms with Gasteiger partial charge in [-0.3, -0.25) is 14.3 Å². The third-order valence-corrected chi connectivity index (χ3v) is 7.25. The van der Waals surface area contributed by atoms with Crippen LogP contribution in [0.4, 0.5) is 10.1 Å². The van der Waals surface area contributed by atoms with E-state index in [1.165, 1.54) is 23.8 Å². The van der Waals surface area contributed by atoms with Gasteiger partial charge in [-0.2, -0.15) is 5.10 Å². The van der Waals surface area contributed by atoms with Crippen molar-refractivity contribution in [3.05, 3.63) is 81.5 Å². The van der Waals surface area contributed by atoms with Gasteiger partial charge in [-0.25, -0.2) is 9.24 Å². The summed E-state index contributed by atoms with van der Waals surface area (Å²) in [6, 6.07) is 11.8. The van der Waals surface area contributed by atoms with Gasteiger partial charge in [0.25, 0.3) is 5.91 Å². The summed E-state index contributed by atoms with van der Waals surface area (Å²) in [6.45, 7) is 8.24. The van der Waals surface area contributed by atoms with E-state index >= 15 is 0 Å². The molecule has 5 rings (SSSR count). The fraction of sp³-hybridized carbons (Fsp3) is 0.308. The van der Waals surface area contributed by atoms with E-state index in [1.54, 1.807) is 9.58 Å². The maximum absolute atomic E-state index is 13.6. The van der Waals surface area contributed by atoms with E-state index in [-0.39, 0.29) is 23.0 Å². The van der Waals surface area contributed by atoms with Crippen LogP contribution in [-0.2, 0) is 17.9 Å². The molecule has 2 aliphatic rings. The Morgan fingerprint density at radius 1 is 1.17 bits per heavy atom. The molecule has 1 saturated carbocycles. The number of primary amides is 1. The Bertz CT molecular complexity index is 1360. The van der Waals surface area contributed by atoms with Crippen LogP contribution < -0.4 is 5.73 Å². The first-order valence-electron chi connectivity index (χ1n) is 11.4. The van der Waals surface area contributed by atoms with E-state index in [0.29, 0.717) is 54.0 Å². The molecule has 9 heteroatoms. The molecule has 1 aromatic heterocycles. The fourth-order valence-electron chi connectivity index (χ4n) is 5.01. The van der Waals surface area contributed by atoms with Gasteiger partial charge in [-0.15, -0.1) is 0 Å². The molecular formula is C26H23ClFN5O2. The number of nitrogens with zero attached hydrogens (tertiary/aromatic N) is 4. The normalized spacial score (nSPS) is 18.9. The number of hydrogen-bond donors (Lipinski definition) is 1. The van der Waals surface area contributed by atoms with Gasteiger partial charge in [-0.05, 0) is 48.4 Å². The topological polar surface area (TPSA) is 85.6 Å². The quantitative estimate of drug-likeness (QED) is 0.514. The van der Waals surface area contributed by atoms with Crippen LogP contribution in [0.2, 0.25) is 5.02 Å². The van der Waals surface area contributed by atoms with Gasteiger partial charge in [-0.1, -0.05) is 35.9 Å². The highest BCUT2D eigenvalue weighted by molar-refractivity contribution is 6.31. The van der Waals surface area contributed by atoms with E-state index in [2.05, 4.69) is 9.94 Å². The number of carbonyl (C=O) groups excluding carboxylic acids is 2. The van der Waals surface area contributed by atoms with Crippen LogP contribution in [0.1, 0.15) is 46.8 Å². The molecule has 178 valence electrons. The molecule has 0 atom stereocenters. The minimum absolute atomic E-state index is 0.0473. The lowest BCUT2D eigenvalue weighted by atomic mass is 9.70. The lowest BCUT2D eigenvalue weighted by Crippen LogP contribution is -2.40. The Kier molecular flexibility index (Phi) is 6.03. The third kappa shape index (κ3) is 4.40. The van der Waals surface area contributed by atoms with E-state index < -0.39 is 11.7 Å². The Labute approximate surface area is 207 Å². The van der Waals surface area contributed by atoms with Crippen molar-refractivity contribution < 1.29 is 14.0 Å². The second-order valence-corrected chi connectivity index (χ2v) is 9.55. The van der Waals surface area contributed by atoms with E-state index in [0.717, 1.165) is 12.8 Å². The number of fused-ring (bicyclic) bond motifs is 1. The van der Waals surface area contributed by atoms with Crippen molar-refractivity contribution in [3.63, 3.8) is 0 Å². The van der Waals surface area contributed by atoms with Gasteiger partial charge in [0, 0.05) is 18.5 Å². The first-order chi connectivity index (χ1) is 16.8. The van der Waals surface area contributed by atoms with Crippen LogP contribution in [0.25, 0.3) is 16.1 Å². The predicted molar refractivity (Wildman–Crippen MR) is 129 cm³/mol. The average Bonchev–Trinajstić information content (AvgIpc) is 3.22. The Balaban J connectivity index is 1.27. The number of amides is 2. The maximum Gasteiger partial charge on any atom is 0.252 e. The lowest BCUT2D eigenvalue weighted by Gasteiger charge is -2.37. The molecule has 2 N–H and O–H groups in total. The fourth-order valence-corrected chi connectivity index (χ4v) is 5.19. The smallest absolute Gasteiger partial charge is 0.252 e. The summed E-state index contributed by atoms with van der Waals surface area (Å²) in [7, 11) is 0. The first kappa shape index (κ1) is 23.1. The highest BCUT2D eigenvalue weighted by atomic mass is 35.5. The van der Waals surface area contributed by atoms with Crippen LogP contribution in [0.3, 0.4) is 0 Å². The molecule has 35 heavy (non-hydrogen) atoms. The zero-order valence-corrected chi connectivity index (χ0v) is 19.6.